The fourth-order valence-electron chi connectivity index (χ4n) is 1.72. The van der Waals surface area contributed by atoms with Crippen LogP contribution >= 0.6 is 0 Å². The molecule has 0 amide bonds. The lowest BCUT2D eigenvalue weighted by atomic mass is 10.2. The van der Waals surface area contributed by atoms with E-state index in [9.17, 15) is 0 Å². The SMILES string of the molecule is CN(C)CCc1cnc(NCc2ccncc2)nc1N. The third-order valence-electron chi connectivity index (χ3n) is 2.93. The van der Waals surface area contributed by atoms with Crippen molar-refractivity contribution in [3.63, 3.8) is 0 Å². The molecule has 2 aromatic heterocycles. The molecule has 2 heterocycles. The van der Waals surface area contributed by atoms with Crippen LogP contribution in [0.3, 0.4) is 0 Å². The molecule has 0 aliphatic heterocycles. The Morgan fingerprint density at radius 3 is 2.65 bits per heavy atom. The van der Waals surface area contributed by atoms with Gasteiger partial charge in [0.2, 0.25) is 5.95 Å². The molecule has 0 fully saturated rings. The molecule has 0 unspecified atom stereocenters. The van der Waals surface area contributed by atoms with Crippen molar-refractivity contribution in [2.45, 2.75) is 13.0 Å². The van der Waals surface area contributed by atoms with Gasteiger partial charge in [0, 0.05) is 37.2 Å². The monoisotopic (exact) mass is 272 g/mol. The number of pyridine rings is 1. The van der Waals surface area contributed by atoms with Crippen molar-refractivity contribution in [1.29, 1.82) is 0 Å². The van der Waals surface area contributed by atoms with Crippen molar-refractivity contribution in [2.75, 3.05) is 31.7 Å². The molecule has 2 rings (SSSR count). The van der Waals surface area contributed by atoms with Gasteiger partial charge in [0.15, 0.2) is 0 Å². The highest BCUT2D eigenvalue weighted by molar-refractivity contribution is 5.43. The summed E-state index contributed by atoms with van der Waals surface area (Å²) in [7, 11) is 4.06. The van der Waals surface area contributed by atoms with E-state index in [-0.39, 0.29) is 0 Å². The molecule has 0 radical (unpaired) electrons. The van der Waals surface area contributed by atoms with Crippen molar-refractivity contribution < 1.29 is 0 Å². The van der Waals surface area contributed by atoms with E-state index in [0.717, 1.165) is 24.1 Å². The second kappa shape index (κ2) is 6.81. The van der Waals surface area contributed by atoms with Gasteiger partial charge >= 0.3 is 0 Å². The smallest absolute Gasteiger partial charge is 0.224 e. The van der Waals surface area contributed by atoms with Crippen LogP contribution in [0.2, 0.25) is 0 Å². The first kappa shape index (κ1) is 14.2. The molecule has 2 aromatic rings. The molecule has 0 spiro atoms. The molecule has 20 heavy (non-hydrogen) atoms. The Labute approximate surface area is 119 Å². The Kier molecular flexibility index (Phi) is 4.84. The van der Waals surface area contributed by atoms with Crippen molar-refractivity contribution in [2.24, 2.45) is 0 Å². The summed E-state index contributed by atoms with van der Waals surface area (Å²) in [5.74, 6) is 1.09. The third kappa shape index (κ3) is 4.17. The van der Waals surface area contributed by atoms with E-state index in [1.54, 1.807) is 18.6 Å². The van der Waals surface area contributed by atoms with Gasteiger partial charge in [0.25, 0.3) is 0 Å². The fraction of sp³-hybridized carbons (Fsp3) is 0.357. The van der Waals surface area contributed by atoms with Crippen molar-refractivity contribution in [3.05, 3.63) is 41.9 Å². The standard InChI is InChI=1S/C14H20N6/c1-20(2)8-5-12-10-18-14(19-13(12)15)17-9-11-3-6-16-7-4-11/h3-4,6-7,10H,5,8-9H2,1-2H3,(H3,15,17,18,19). The summed E-state index contributed by atoms with van der Waals surface area (Å²) in [6.07, 6.45) is 6.16. The lowest BCUT2D eigenvalue weighted by Gasteiger charge is -2.11. The Morgan fingerprint density at radius 2 is 2.00 bits per heavy atom. The largest absolute Gasteiger partial charge is 0.383 e. The summed E-state index contributed by atoms with van der Waals surface area (Å²) in [6, 6.07) is 3.89. The van der Waals surface area contributed by atoms with Crippen LogP contribution in [0.1, 0.15) is 11.1 Å². The van der Waals surface area contributed by atoms with Gasteiger partial charge in [0.05, 0.1) is 0 Å². The topological polar surface area (TPSA) is 80.0 Å². The molecule has 6 heteroatoms. The number of hydrogen-bond acceptors (Lipinski definition) is 6. The normalized spacial score (nSPS) is 10.8. The maximum absolute atomic E-state index is 5.96. The van der Waals surface area contributed by atoms with Gasteiger partial charge in [-0.3, -0.25) is 4.98 Å². The van der Waals surface area contributed by atoms with E-state index in [0.29, 0.717) is 18.3 Å². The van der Waals surface area contributed by atoms with Crippen LogP contribution in [0.15, 0.2) is 30.7 Å². The minimum Gasteiger partial charge on any atom is -0.383 e. The highest BCUT2D eigenvalue weighted by Gasteiger charge is 2.04. The number of nitrogen functional groups attached to an aromatic ring is 1. The van der Waals surface area contributed by atoms with E-state index < -0.39 is 0 Å². The predicted molar refractivity (Wildman–Crippen MR) is 80.3 cm³/mol. The lowest BCUT2D eigenvalue weighted by Crippen LogP contribution is -2.16. The van der Waals surface area contributed by atoms with Crippen molar-refractivity contribution in [1.82, 2.24) is 19.9 Å². The third-order valence-corrected chi connectivity index (χ3v) is 2.93. The molecule has 0 bridgehead atoms. The summed E-state index contributed by atoms with van der Waals surface area (Å²) < 4.78 is 0. The Balaban J connectivity index is 1.95. The zero-order valence-electron chi connectivity index (χ0n) is 11.9. The van der Waals surface area contributed by atoms with E-state index in [1.165, 1.54) is 0 Å². The summed E-state index contributed by atoms with van der Waals surface area (Å²) in [6.45, 7) is 1.58. The number of nitrogens with zero attached hydrogens (tertiary/aromatic N) is 4. The van der Waals surface area contributed by atoms with Gasteiger partial charge < -0.3 is 16.0 Å². The van der Waals surface area contributed by atoms with Crippen LogP contribution in [0.5, 0.6) is 0 Å². The molecule has 3 N–H and O–H groups in total. The number of anilines is 2. The molecule has 0 aliphatic carbocycles. The molecule has 6 nitrogen and oxygen atoms in total. The van der Waals surface area contributed by atoms with Crippen LogP contribution in [-0.4, -0.2) is 40.5 Å². The highest BCUT2D eigenvalue weighted by Crippen LogP contribution is 2.11. The minimum absolute atomic E-state index is 0.541. The molecule has 0 aliphatic rings. The summed E-state index contributed by atoms with van der Waals surface area (Å²) in [5, 5.41) is 3.15. The number of hydrogen-bond donors (Lipinski definition) is 2. The average Bonchev–Trinajstić information content (AvgIpc) is 2.45. The zero-order valence-corrected chi connectivity index (χ0v) is 11.9. The summed E-state index contributed by atoms with van der Waals surface area (Å²) >= 11 is 0. The first-order valence-corrected chi connectivity index (χ1v) is 6.54. The zero-order chi connectivity index (χ0) is 14.4. The molecule has 0 atom stereocenters. The van der Waals surface area contributed by atoms with Crippen molar-refractivity contribution >= 4 is 11.8 Å². The van der Waals surface area contributed by atoms with Gasteiger partial charge in [-0.15, -0.1) is 0 Å². The maximum Gasteiger partial charge on any atom is 0.224 e. The van der Waals surface area contributed by atoms with Crippen LogP contribution in [0, 0.1) is 0 Å². The van der Waals surface area contributed by atoms with Crippen LogP contribution in [0.25, 0.3) is 0 Å². The molecule has 106 valence electrons. The second-order valence-corrected chi connectivity index (χ2v) is 4.87. The van der Waals surface area contributed by atoms with Crippen LogP contribution in [-0.2, 0) is 13.0 Å². The predicted octanol–water partition coefficient (Wildman–Crippen LogP) is 1.17. The summed E-state index contributed by atoms with van der Waals surface area (Å²) in [4.78, 5) is 14.7. The Bertz CT molecular complexity index is 541. The molecular formula is C14H20N6. The fourth-order valence-corrected chi connectivity index (χ4v) is 1.72. The second-order valence-electron chi connectivity index (χ2n) is 4.87. The first-order valence-electron chi connectivity index (χ1n) is 6.54. The Morgan fingerprint density at radius 1 is 1.25 bits per heavy atom. The van der Waals surface area contributed by atoms with Gasteiger partial charge in [-0.1, -0.05) is 0 Å². The lowest BCUT2D eigenvalue weighted by molar-refractivity contribution is 0.413. The van der Waals surface area contributed by atoms with E-state index in [4.69, 9.17) is 5.73 Å². The van der Waals surface area contributed by atoms with Gasteiger partial charge in [-0.2, -0.15) is 4.98 Å². The molecule has 0 aromatic carbocycles. The number of nitrogens with one attached hydrogen (secondary N) is 1. The van der Waals surface area contributed by atoms with Gasteiger partial charge in [-0.25, -0.2) is 4.98 Å². The molecular weight excluding hydrogens is 252 g/mol. The molecule has 0 saturated heterocycles. The van der Waals surface area contributed by atoms with E-state index in [2.05, 4.69) is 25.2 Å². The van der Waals surface area contributed by atoms with Crippen molar-refractivity contribution in [3.8, 4) is 0 Å². The number of nitrogens with two attached hydrogens (primary N) is 1. The quantitative estimate of drug-likeness (QED) is 0.821. The number of likely N-dealkylation sites (N-methyl/N-ethyl adjacent to an activating group) is 1. The maximum atomic E-state index is 5.96. The van der Waals surface area contributed by atoms with Gasteiger partial charge in [0.1, 0.15) is 5.82 Å². The van der Waals surface area contributed by atoms with Crippen LogP contribution < -0.4 is 11.1 Å². The van der Waals surface area contributed by atoms with Crippen LogP contribution in [0.4, 0.5) is 11.8 Å². The van der Waals surface area contributed by atoms with Gasteiger partial charge in [-0.05, 0) is 38.2 Å². The average molecular weight is 272 g/mol. The van der Waals surface area contributed by atoms with E-state index in [1.807, 2.05) is 26.2 Å². The van der Waals surface area contributed by atoms with E-state index >= 15 is 0 Å². The summed E-state index contributed by atoms with van der Waals surface area (Å²) in [5.41, 5.74) is 8.06. The minimum atomic E-state index is 0.541. The first-order chi connectivity index (χ1) is 9.65. The highest BCUT2D eigenvalue weighted by atomic mass is 15.1. The number of aromatic nitrogens is 3. The number of rotatable bonds is 6. The Hall–Kier alpha value is -2.21. The molecule has 0 saturated carbocycles.